The van der Waals surface area contributed by atoms with Gasteiger partial charge >= 0.3 is 12.1 Å². The van der Waals surface area contributed by atoms with Gasteiger partial charge in [-0.3, -0.25) is 0 Å². The van der Waals surface area contributed by atoms with E-state index in [-0.39, 0.29) is 16.0 Å². The number of hydrogen-bond acceptors (Lipinski definition) is 3. The van der Waals surface area contributed by atoms with E-state index in [4.69, 9.17) is 0 Å². The van der Waals surface area contributed by atoms with Crippen molar-refractivity contribution in [1.82, 2.24) is 0 Å². The van der Waals surface area contributed by atoms with E-state index in [2.05, 4.69) is 20.7 Å². The molecule has 1 rings (SSSR count). The van der Waals surface area contributed by atoms with Gasteiger partial charge in [0.1, 0.15) is 9.75 Å². The number of esters is 1. The Kier molecular flexibility index (Phi) is 3.77. The minimum atomic E-state index is -4.45. The smallest absolute Gasteiger partial charge is 0.426 e. The fourth-order valence-corrected chi connectivity index (χ4v) is 2.52. The second-order valence-electron chi connectivity index (χ2n) is 2.51. The normalized spacial score (nSPS) is 11.5. The number of thiophene rings is 1. The Bertz CT molecular complexity index is 372. The Morgan fingerprint density at radius 2 is 2.20 bits per heavy atom. The fourth-order valence-electron chi connectivity index (χ4n) is 0.865. The molecule has 0 unspecified atom stereocenters. The molecule has 15 heavy (non-hydrogen) atoms. The summed E-state index contributed by atoms with van der Waals surface area (Å²) in [5.74, 6) is -0.737. The summed E-state index contributed by atoms with van der Waals surface area (Å²) in [4.78, 5) is 10.2. The number of carbonyl (C=O) groups is 1. The first-order valence-electron chi connectivity index (χ1n) is 3.90. The maximum atomic E-state index is 12.3. The Morgan fingerprint density at radius 1 is 1.60 bits per heavy atom. The van der Waals surface area contributed by atoms with Crippen LogP contribution in [-0.2, 0) is 10.9 Å². The zero-order valence-corrected chi connectivity index (χ0v) is 9.92. The van der Waals surface area contributed by atoms with Crippen LogP contribution in [0.15, 0.2) is 10.5 Å². The molecule has 0 aliphatic rings. The van der Waals surface area contributed by atoms with Crippen molar-refractivity contribution < 1.29 is 22.7 Å². The molecule has 0 atom stereocenters. The Balaban J connectivity index is 3.01. The van der Waals surface area contributed by atoms with E-state index >= 15 is 0 Å². The van der Waals surface area contributed by atoms with Gasteiger partial charge in [0.05, 0.1) is 6.61 Å². The predicted molar refractivity (Wildman–Crippen MR) is 53.0 cm³/mol. The number of rotatable bonds is 2. The highest BCUT2D eigenvalue weighted by Gasteiger charge is 2.36. The average molecular weight is 303 g/mol. The van der Waals surface area contributed by atoms with Crippen LogP contribution in [-0.4, -0.2) is 12.6 Å². The molecule has 0 saturated heterocycles. The molecule has 7 heteroatoms. The Labute approximate surface area is 96.2 Å². The summed E-state index contributed by atoms with van der Waals surface area (Å²) < 4.78 is 41.5. The standard InChI is InChI=1S/C8H6BrF3O2S/c1-2-14-7(13)5-3-4(9)6(15-5)8(10,11)12/h3H,2H2,1H3. The molecule has 0 aliphatic heterocycles. The molecule has 0 aliphatic carbocycles. The van der Waals surface area contributed by atoms with E-state index in [1.54, 1.807) is 6.92 Å². The van der Waals surface area contributed by atoms with E-state index in [9.17, 15) is 18.0 Å². The monoisotopic (exact) mass is 302 g/mol. The molecular formula is C8H6BrF3O2S. The molecule has 0 bridgehead atoms. The van der Waals surface area contributed by atoms with Gasteiger partial charge in [-0.1, -0.05) is 0 Å². The van der Waals surface area contributed by atoms with Gasteiger partial charge in [0.2, 0.25) is 0 Å². The van der Waals surface area contributed by atoms with Crippen LogP contribution < -0.4 is 0 Å². The third-order valence-corrected chi connectivity index (χ3v) is 3.47. The largest absolute Gasteiger partial charge is 0.462 e. The first-order chi connectivity index (χ1) is 6.86. The van der Waals surface area contributed by atoms with Crippen molar-refractivity contribution in [2.45, 2.75) is 13.1 Å². The van der Waals surface area contributed by atoms with Crippen molar-refractivity contribution in [3.8, 4) is 0 Å². The van der Waals surface area contributed by atoms with Crippen molar-refractivity contribution in [3.63, 3.8) is 0 Å². The summed E-state index contributed by atoms with van der Waals surface area (Å²) in [6.45, 7) is 1.72. The molecule has 0 saturated carbocycles. The second kappa shape index (κ2) is 4.52. The number of carbonyl (C=O) groups excluding carboxylic acids is 1. The summed E-state index contributed by atoms with van der Waals surface area (Å²) in [7, 11) is 0. The van der Waals surface area contributed by atoms with Crippen LogP contribution in [0.5, 0.6) is 0 Å². The SMILES string of the molecule is CCOC(=O)c1cc(Br)c(C(F)(F)F)s1. The van der Waals surface area contributed by atoms with E-state index in [1.165, 1.54) is 0 Å². The molecule has 0 fully saturated rings. The first-order valence-corrected chi connectivity index (χ1v) is 5.51. The van der Waals surface area contributed by atoms with Crippen LogP contribution in [0.3, 0.4) is 0 Å². The maximum absolute atomic E-state index is 12.3. The quantitative estimate of drug-likeness (QED) is 0.779. The van der Waals surface area contributed by atoms with E-state index in [1.807, 2.05) is 0 Å². The molecule has 0 radical (unpaired) electrons. The lowest BCUT2D eigenvalue weighted by Gasteiger charge is -2.02. The number of alkyl halides is 3. The number of halogens is 4. The van der Waals surface area contributed by atoms with Gasteiger partial charge in [-0.15, -0.1) is 11.3 Å². The van der Waals surface area contributed by atoms with Gasteiger partial charge in [-0.2, -0.15) is 13.2 Å². The predicted octanol–water partition coefficient (Wildman–Crippen LogP) is 3.71. The van der Waals surface area contributed by atoms with Crippen LogP contribution >= 0.6 is 27.3 Å². The highest BCUT2D eigenvalue weighted by atomic mass is 79.9. The molecule has 1 heterocycles. The topological polar surface area (TPSA) is 26.3 Å². The highest BCUT2D eigenvalue weighted by molar-refractivity contribution is 9.10. The third kappa shape index (κ3) is 2.94. The first kappa shape index (κ1) is 12.5. The van der Waals surface area contributed by atoms with Crippen molar-refractivity contribution >= 4 is 33.2 Å². The minimum Gasteiger partial charge on any atom is -0.462 e. The number of hydrogen-bond donors (Lipinski definition) is 0. The van der Waals surface area contributed by atoms with Crippen LogP contribution in [0.4, 0.5) is 13.2 Å². The molecule has 0 amide bonds. The molecule has 84 valence electrons. The molecule has 1 aromatic rings. The maximum Gasteiger partial charge on any atom is 0.426 e. The zero-order chi connectivity index (χ0) is 11.6. The number of ether oxygens (including phenoxy) is 1. The Morgan fingerprint density at radius 3 is 2.60 bits per heavy atom. The van der Waals surface area contributed by atoms with Crippen molar-refractivity contribution in [1.29, 1.82) is 0 Å². The van der Waals surface area contributed by atoms with Gasteiger partial charge in [-0.05, 0) is 28.9 Å². The van der Waals surface area contributed by atoms with Gasteiger partial charge < -0.3 is 4.74 Å². The summed E-state index contributed by atoms with van der Waals surface area (Å²) >= 11 is 3.12. The molecule has 1 aromatic heterocycles. The highest BCUT2D eigenvalue weighted by Crippen LogP contribution is 2.40. The second-order valence-corrected chi connectivity index (χ2v) is 4.41. The fraction of sp³-hybridized carbons (Fsp3) is 0.375. The van der Waals surface area contributed by atoms with Crippen molar-refractivity contribution in [2.75, 3.05) is 6.61 Å². The molecular weight excluding hydrogens is 297 g/mol. The van der Waals surface area contributed by atoms with Crippen LogP contribution in [0.1, 0.15) is 21.5 Å². The van der Waals surface area contributed by atoms with Crippen LogP contribution in [0.2, 0.25) is 0 Å². The van der Waals surface area contributed by atoms with Gasteiger partial charge in [0.25, 0.3) is 0 Å². The lowest BCUT2D eigenvalue weighted by molar-refractivity contribution is -0.134. The van der Waals surface area contributed by atoms with Crippen molar-refractivity contribution in [2.24, 2.45) is 0 Å². The van der Waals surface area contributed by atoms with Crippen LogP contribution in [0.25, 0.3) is 0 Å². The van der Waals surface area contributed by atoms with Crippen LogP contribution in [0, 0.1) is 0 Å². The van der Waals surface area contributed by atoms with Gasteiger partial charge in [0.15, 0.2) is 0 Å². The summed E-state index contributed by atoms with van der Waals surface area (Å²) in [5.41, 5.74) is 0. The van der Waals surface area contributed by atoms with E-state index < -0.39 is 17.0 Å². The molecule has 0 aromatic carbocycles. The Hall–Kier alpha value is -0.560. The molecule has 0 spiro atoms. The summed E-state index contributed by atoms with van der Waals surface area (Å²) in [6.07, 6.45) is -4.45. The third-order valence-electron chi connectivity index (χ3n) is 1.42. The van der Waals surface area contributed by atoms with E-state index in [0.717, 1.165) is 6.07 Å². The minimum absolute atomic E-state index is 0.0592. The van der Waals surface area contributed by atoms with Gasteiger partial charge in [0, 0.05) is 4.47 Å². The zero-order valence-electron chi connectivity index (χ0n) is 7.52. The lowest BCUT2D eigenvalue weighted by atomic mass is 10.4. The average Bonchev–Trinajstić information content (AvgIpc) is 2.47. The van der Waals surface area contributed by atoms with Gasteiger partial charge in [-0.25, -0.2) is 4.79 Å². The lowest BCUT2D eigenvalue weighted by Crippen LogP contribution is -2.03. The summed E-state index contributed by atoms with van der Waals surface area (Å²) in [5, 5.41) is 0. The summed E-state index contributed by atoms with van der Waals surface area (Å²) in [6, 6.07) is 1.12. The molecule has 2 nitrogen and oxygen atoms in total. The van der Waals surface area contributed by atoms with E-state index in [0.29, 0.717) is 11.3 Å². The molecule has 0 N–H and O–H groups in total. The van der Waals surface area contributed by atoms with Crippen molar-refractivity contribution in [3.05, 3.63) is 20.3 Å².